The van der Waals surface area contributed by atoms with E-state index in [0.717, 1.165) is 22.9 Å². The highest BCUT2D eigenvalue weighted by Crippen LogP contribution is 2.47. The lowest BCUT2D eigenvalue weighted by Gasteiger charge is -2.40. The Morgan fingerprint density at radius 2 is 1.92 bits per heavy atom. The Bertz CT molecular complexity index is 1050. The van der Waals surface area contributed by atoms with Crippen molar-refractivity contribution in [3.63, 3.8) is 0 Å². The average Bonchev–Trinajstić information content (AvgIpc) is 3.22. The van der Waals surface area contributed by atoms with Crippen molar-refractivity contribution in [3.05, 3.63) is 81.5 Å². The molecule has 1 heterocycles. The topological polar surface area (TPSA) is 80.1 Å². The molecule has 0 amide bonds. The summed E-state index contributed by atoms with van der Waals surface area (Å²) in [6.45, 7) is 12.0. The largest absolute Gasteiger partial charge is 0.493 e. The van der Waals surface area contributed by atoms with Crippen LogP contribution < -0.4 is 9.47 Å². The van der Waals surface area contributed by atoms with E-state index in [1.165, 1.54) is 0 Å². The van der Waals surface area contributed by atoms with Gasteiger partial charge >= 0.3 is 0 Å². The lowest BCUT2D eigenvalue weighted by molar-refractivity contribution is -0.402. The molecular weight excluding hydrogens is 474 g/mol. The van der Waals surface area contributed by atoms with E-state index in [4.69, 9.17) is 18.6 Å². The maximum atomic E-state index is 10.7. The Labute approximate surface area is 215 Å². The molecule has 2 aromatic rings. The molecule has 0 N–H and O–H groups in total. The Balaban J connectivity index is 1.85. The zero-order valence-electron chi connectivity index (χ0n) is 22.3. The van der Waals surface area contributed by atoms with E-state index < -0.39 is 13.2 Å². The third kappa shape index (κ3) is 7.18. The molecule has 0 spiro atoms. The van der Waals surface area contributed by atoms with Gasteiger partial charge in [0.2, 0.25) is 6.20 Å². The predicted octanol–water partition coefficient (Wildman–Crippen LogP) is 7.20. The van der Waals surface area contributed by atoms with Crippen LogP contribution in [0.3, 0.4) is 0 Å². The fraction of sp³-hybridized carbons (Fsp3) is 0.500. The highest BCUT2D eigenvalue weighted by atomic mass is 28.4. The van der Waals surface area contributed by atoms with Crippen LogP contribution in [0.4, 0.5) is 0 Å². The third-order valence-electron chi connectivity index (χ3n) is 7.09. The summed E-state index contributed by atoms with van der Waals surface area (Å²) < 4.78 is 25.0. The number of methoxy groups -OCH3 is 1. The SMILES string of the molecule is COc1ccc2c(c1OCc1ccccc1)[C@H](C[C@H](CC/C=C/[N+](=O)[O-])O[Si](C)(C)C(C)(C)C)OC2. The van der Waals surface area contributed by atoms with Crippen molar-refractivity contribution < 1.29 is 23.6 Å². The van der Waals surface area contributed by atoms with Crippen LogP contribution in [-0.4, -0.2) is 26.5 Å². The fourth-order valence-electron chi connectivity index (χ4n) is 4.10. The molecule has 0 saturated carbocycles. The molecule has 8 heteroatoms. The lowest BCUT2D eigenvalue weighted by Crippen LogP contribution is -2.44. The van der Waals surface area contributed by atoms with Gasteiger partial charge in [-0.05, 0) is 54.2 Å². The second-order valence-electron chi connectivity index (χ2n) is 10.7. The summed E-state index contributed by atoms with van der Waals surface area (Å²) in [5.41, 5.74) is 3.17. The van der Waals surface area contributed by atoms with Crippen molar-refractivity contribution in [1.82, 2.24) is 0 Å². The average molecular weight is 514 g/mol. The van der Waals surface area contributed by atoms with Gasteiger partial charge in [-0.3, -0.25) is 10.1 Å². The molecule has 196 valence electrons. The predicted molar refractivity (Wildman–Crippen MR) is 143 cm³/mol. The molecule has 0 saturated heterocycles. The number of nitro groups is 1. The first-order valence-electron chi connectivity index (χ1n) is 12.5. The minimum atomic E-state index is -2.07. The van der Waals surface area contributed by atoms with Crippen molar-refractivity contribution in [2.45, 2.75) is 83.6 Å². The number of ether oxygens (including phenoxy) is 3. The van der Waals surface area contributed by atoms with E-state index in [1.54, 1.807) is 13.2 Å². The monoisotopic (exact) mass is 513 g/mol. The second-order valence-corrected chi connectivity index (χ2v) is 15.5. The van der Waals surface area contributed by atoms with E-state index in [9.17, 15) is 10.1 Å². The van der Waals surface area contributed by atoms with Crippen LogP contribution in [0.2, 0.25) is 18.1 Å². The molecule has 0 aliphatic carbocycles. The summed E-state index contributed by atoms with van der Waals surface area (Å²) in [4.78, 5) is 10.3. The zero-order chi connectivity index (χ0) is 26.3. The maximum absolute atomic E-state index is 10.7. The van der Waals surface area contributed by atoms with Crippen molar-refractivity contribution in [3.8, 4) is 11.5 Å². The molecule has 36 heavy (non-hydrogen) atoms. The highest BCUT2D eigenvalue weighted by Gasteiger charge is 2.40. The van der Waals surface area contributed by atoms with E-state index in [0.29, 0.717) is 44.0 Å². The minimum Gasteiger partial charge on any atom is -0.493 e. The van der Waals surface area contributed by atoms with Crippen LogP contribution in [-0.2, 0) is 22.4 Å². The summed E-state index contributed by atoms with van der Waals surface area (Å²) in [6.07, 6.45) is 4.17. The highest BCUT2D eigenvalue weighted by molar-refractivity contribution is 6.74. The van der Waals surface area contributed by atoms with E-state index in [1.807, 2.05) is 42.5 Å². The summed E-state index contributed by atoms with van der Waals surface area (Å²) in [7, 11) is -0.428. The third-order valence-corrected chi connectivity index (χ3v) is 11.6. The number of hydrogen-bond donors (Lipinski definition) is 0. The van der Waals surface area contributed by atoms with Crippen molar-refractivity contribution in [1.29, 1.82) is 0 Å². The van der Waals surface area contributed by atoms with Crippen molar-refractivity contribution >= 4 is 8.32 Å². The number of allylic oxidation sites excluding steroid dienone is 1. The van der Waals surface area contributed by atoms with Gasteiger partial charge in [-0.2, -0.15) is 0 Å². The number of fused-ring (bicyclic) bond motifs is 1. The van der Waals surface area contributed by atoms with Crippen LogP contribution in [0.15, 0.2) is 54.7 Å². The molecule has 0 aromatic heterocycles. The van der Waals surface area contributed by atoms with E-state index in [-0.39, 0.29) is 17.2 Å². The first-order chi connectivity index (χ1) is 17.0. The van der Waals surface area contributed by atoms with Gasteiger partial charge in [0.25, 0.3) is 0 Å². The normalized spacial score (nSPS) is 16.7. The fourth-order valence-corrected chi connectivity index (χ4v) is 5.50. The van der Waals surface area contributed by atoms with Gasteiger partial charge in [0.05, 0.1) is 24.7 Å². The Kier molecular flexibility index (Phi) is 9.33. The number of hydrogen-bond acceptors (Lipinski definition) is 6. The number of rotatable bonds is 12. The first kappa shape index (κ1) is 27.9. The van der Waals surface area contributed by atoms with Crippen LogP contribution >= 0.6 is 0 Å². The van der Waals surface area contributed by atoms with Gasteiger partial charge in [0.15, 0.2) is 19.8 Å². The Morgan fingerprint density at radius 3 is 2.56 bits per heavy atom. The Morgan fingerprint density at radius 1 is 1.19 bits per heavy atom. The maximum Gasteiger partial charge on any atom is 0.230 e. The van der Waals surface area contributed by atoms with Crippen molar-refractivity contribution in [2.24, 2.45) is 0 Å². The molecule has 1 aliphatic rings. The quantitative estimate of drug-likeness (QED) is 0.170. The molecule has 0 fully saturated rings. The molecule has 0 radical (unpaired) electrons. The van der Waals surface area contributed by atoms with Gasteiger partial charge in [-0.15, -0.1) is 0 Å². The molecule has 1 aliphatic heterocycles. The van der Waals surface area contributed by atoms with Crippen LogP contribution in [0.5, 0.6) is 11.5 Å². The lowest BCUT2D eigenvalue weighted by atomic mass is 9.97. The summed E-state index contributed by atoms with van der Waals surface area (Å²) in [5.74, 6) is 1.39. The van der Waals surface area contributed by atoms with Gasteiger partial charge in [0, 0.05) is 18.1 Å². The smallest absolute Gasteiger partial charge is 0.230 e. The summed E-state index contributed by atoms with van der Waals surface area (Å²) >= 11 is 0. The second kappa shape index (κ2) is 12.0. The molecule has 0 bridgehead atoms. The zero-order valence-corrected chi connectivity index (χ0v) is 23.3. The van der Waals surface area contributed by atoms with Gasteiger partial charge in [-0.25, -0.2) is 0 Å². The first-order valence-corrected chi connectivity index (χ1v) is 15.4. The van der Waals surface area contributed by atoms with Gasteiger partial charge in [0.1, 0.15) is 6.61 Å². The molecular formula is C28H39NO6Si. The van der Waals surface area contributed by atoms with Gasteiger partial charge < -0.3 is 18.6 Å². The molecule has 7 nitrogen and oxygen atoms in total. The van der Waals surface area contributed by atoms with E-state index in [2.05, 4.69) is 33.9 Å². The standard InChI is InChI=1S/C28H39NO6Si/c1-28(2,3)36(5,6)35-23(14-10-11-17-29(30)31)18-25-26-22(20-33-25)15-16-24(32-4)27(26)34-19-21-12-8-7-9-13-21/h7-9,11-13,15-17,23,25H,10,14,18-20H2,1-6H3/b17-11+/t23-,25-/m0/s1. The summed E-state index contributed by atoms with van der Waals surface area (Å²) in [5, 5.41) is 10.8. The number of nitrogens with zero attached hydrogens (tertiary/aromatic N) is 1. The Hall–Kier alpha value is -2.68. The molecule has 0 unspecified atom stereocenters. The van der Waals surface area contributed by atoms with Crippen LogP contribution in [0.25, 0.3) is 0 Å². The van der Waals surface area contributed by atoms with E-state index >= 15 is 0 Å². The molecule has 2 atom stereocenters. The minimum absolute atomic E-state index is 0.0452. The van der Waals surface area contributed by atoms with Gasteiger partial charge in [-0.1, -0.05) is 57.2 Å². The molecule has 3 rings (SSSR count). The van der Waals surface area contributed by atoms with Crippen molar-refractivity contribution in [2.75, 3.05) is 7.11 Å². The van der Waals surface area contributed by atoms with Crippen LogP contribution in [0, 0.1) is 10.1 Å². The summed E-state index contributed by atoms with van der Waals surface area (Å²) in [6, 6.07) is 14.0. The van der Waals surface area contributed by atoms with Crippen LogP contribution in [0.1, 0.15) is 62.8 Å². The molecule has 2 aromatic carbocycles. The number of benzene rings is 2.